The number of carbonyl (C=O) groups excluding carboxylic acids is 1. The van der Waals surface area contributed by atoms with E-state index in [-0.39, 0.29) is 22.4 Å². The molecular formula is C20H32N4O3S. The van der Waals surface area contributed by atoms with Gasteiger partial charge in [0.2, 0.25) is 15.9 Å². The van der Waals surface area contributed by atoms with Crippen LogP contribution in [-0.2, 0) is 21.2 Å². The van der Waals surface area contributed by atoms with Gasteiger partial charge in [0.25, 0.3) is 0 Å². The molecule has 1 amide bonds. The molecule has 0 aromatic heterocycles. The molecule has 1 aromatic carbocycles. The number of rotatable bonds is 3. The summed E-state index contributed by atoms with van der Waals surface area (Å²) in [6.07, 6.45) is 1.69. The largest absolute Gasteiger partial charge is 0.308 e. The van der Waals surface area contributed by atoms with Gasteiger partial charge in [-0.2, -0.15) is 0 Å². The van der Waals surface area contributed by atoms with Gasteiger partial charge in [0.05, 0.1) is 11.4 Å². The number of amides is 1. The van der Waals surface area contributed by atoms with Gasteiger partial charge >= 0.3 is 0 Å². The van der Waals surface area contributed by atoms with E-state index < -0.39 is 10.0 Å². The maximum absolute atomic E-state index is 13.1. The Morgan fingerprint density at radius 1 is 1.18 bits per heavy atom. The predicted molar refractivity (Wildman–Crippen MR) is 111 cm³/mol. The van der Waals surface area contributed by atoms with E-state index in [1.165, 1.54) is 6.07 Å². The minimum atomic E-state index is -3.74. The van der Waals surface area contributed by atoms with Gasteiger partial charge in [-0.05, 0) is 77.4 Å². The second kappa shape index (κ2) is 7.74. The lowest BCUT2D eigenvalue weighted by Crippen LogP contribution is -2.46. The normalized spacial score (nSPS) is 22.2. The van der Waals surface area contributed by atoms with Crippen molar-refractivity contribution in [3.8, 4) is 0 Å². The molecule has 0 bridgehead atoms. The molecule has 156 valence electrons. The number of anilines is 1. The second-order valence-electron chi connectivity index (χ2n) is 8.94. The highest BCUT2D eigenvalue weighted by molar-refractivity contribution is 7.89. The quantitative estimate of drug-likeness (QED) is 0.817. The maximum atomic E-state index is 13.1. The van der Waals surface area contributed by atoms with Gasteiger partial charge in [0, 0.05) is 30.4 Å². The third kappa shape index (κ3) is 4.56. The second-order valence-corrected chi connectivity index (χ2v) is 10.5. The van der Waals surface area contributed by atoms with Crippen molar-refractivity contribution in [2.45, 2.75) is 57.0 Å². The van der Waals surface area contributed by atoms with Crippen molar-refractivity contribution in [3.63, 3.8) is 0 Å². The van der Waals surface area contributed by atoms with Crippen LogP contribution in [0.2, 0.25) is 0 Å². The number of nitrogens with two attached hydrogens (primary N) is 1. The SMILES string of the molecule is CC1Cc2cc(S(N)(=O)=O)ccc2N1C(=O)CN1CCCN(C(C)(C)C)CC1. The molecule has 0 saturated carbocycles. The molecule has 3 rings (SSSR count). The third-order valence-electron chi connectivity index (χ3n) is 5.76. The highest BCUT2D eigenvalue weighted by atomic mass is 32.2. The number of hydrogen-bond acceptors (Lipinski definition) is 5. The maximum Gasteiger partial charge on any atom is 0.241 e. The summed E-state index contributed by atoms with van der Waals surface area (Å²) in [6.45, 7) is 12.9. The van der Waals surface area contributed by atoms with E-state index in [0.29, 0.717) is 13.0 Å². The summed E-state index contributed by atoms with van der Waals surface area (Å²) >= 11 is 0. The molecule has 2 N–H and O–H groups in total. The molecule has 1 fully saturated rings. The Balaban J connectivity index is 1.70. The topological polar surface area (TPSA) is 86.9 Å². The zero-order chi connectivity index (χ0) is 20.7. The summed E-state index contributed by atoms with van der Waals surface area (Å²) < 4.78 is 23.2. The van der Waals surface area contributed by atoms with Crippen LogP contribution in [0, 0.1) is 0 Å². The molecule has 28 heavy (non-hydrogen) atoms. The molecule has 7 nitrogen and oxygen atoms in total. The van der Waals surface area contributed by atoms with E-state index in [9.17, 15) is 13.2 Å². The fourth-order valence-corrected chi connectivity index (χ4v) is 4.80. The van der Waals surface area contributed by atoms with Crippen LogP contribution < -0.4 is 10.0 Å². The van der Waals surface area contributed by atoms with Gasteiger partial charge in [-0.25, -0.2) is 13.6 Å². The number of sulfonamides is 1. The van der Waals surface area contributed by atoms with Gasteiger partial charge < -0.3 is 4.90 Å². The van der Waals surface area contributed by atoms with Gasteiger partial charge in [0.1, 0.15) is 0 Å². The van der Waals surface area contributed by atoms with Crippen molar-refractivity contribution in [2.24, 2.45) is 5.14 Å². The zero-order valence-electron chi connectivity index (χ0n) is 17.3. The number of fused-ring (bicyclic) bond motifs is 1. The Morgan fingerprint density at radius 2 is 1.89 bits per heavy atom. The summed E-state index contributed by atoms with van der Waals surface area (Å²) in [5.41, 5.74) is 1.81. The molecule has 0 aliphatic carbocycles. The molecule has 0 spiro atoms. The Hall–Kier alpha value is -1.48. The van der Waals surface area contributed by atoms with Crippen molar-refractivity contribution in [1.82, 2.24) is 9.80 Å². The number of benzene rings is 1. The summed E-state index contributed by atoms with van der Waals surface area (Å²) in [4.78, 5) is 19.7. The first kappa shape index (κ1) is 21.2. The minimum absolute atomic E-state index is 0.0104. The molecule has 1 atom stereocenters. The van der Waals surface area contributed by atoms with E-state index >= 15 is 0 Å². The lowest BCUT2D eigenvalue weighted by molar-refractivity contribution is -0.120. The predicted octanol–water partition coefficient (Wildman–Crippen LogP) is 1.42. The highest BCUT2D eigenvalue weighted by Gasteiger charge is 2.33. The van der Waals surface area contributed by atoms with Crippen LogP contribution in [-0.4, -0.2) is 68.4 Å². The number of hydrogen-bond donors (Lipinski definition) is 1. The lowest BCUT2D eigenvalue weighted by Gasteiger charge is -2.34. The Kier molecular flexibility index (Phi) is 5.87. The number of nitrogens with zero attached hydrogens (tertiary/aromatic N) is 3. The molecule has 8 heteroatoms. The molecule has 1 unspecified atom stereocenters. The first-order valence-electron chi connectivity index (χ1n) is 9.92. The monoisotopic (exact) mass is 408 g/mol. The van der Waals surface area contributed by atoms with Crippen LogP contribution in [0.4, 0.5) is 5.69 Å². The average molecular weight is 409 g/mol. The molecular weight excluding hydrogens is 376 g/mol. The van der Waals surface area contributed by atoms with Gasteiger partial charge in [-0.1, -0.05) is 0 Å². The van der Waals surface area contributed by atoms with E-state index in [2.05, 4.69) is 30.6 Å². The van der Waals surface area contributed by atoms with Crippen LogP contribution in [0.1, 0.15) is 39.7 Å². The van der Waals surface area contributed by atoms with E-state index in [1.807, 2.05) is 11.8 Å². The number of primary sulfonamides is 1. The fourth-order valence-electron chi connectivity index (χ4n) is 4.23. The Morgan fingerprint density at radius 3 is 2.54 bits per heavy atom. The summed E-state index contributed by atoms with van der Waals surface area (Å²) in [7, 11) is -3.74. The smallest absolute Gasteiger partial charge is 0.241 e. The van der Waals surface area contributed by atoms with Crippen LogP contribution >= 0.6 is 0 Å². The van der Waals surface area contributed by atoms with Crippen molar-refractivity contribution < 1.29 is 13.2 Å². The van der Waals surface area contributed by atoms with Crippen molar-refractivity contribution >= 4 is 21.6 Å². The van der Waals surface area contributed by atoms with E-state index in [0.717, 1.165) is 43.9 Å². The first-order chi connectivity index (χ1) is 13.0. The van der Waals surface area contributed by atoms with Crippen LogP contribution in [0.3, 0.4) is 0 Å². The van der Waals surface area contributed by atoms with Gasteiger partial charge in [-0.15, -0.1) is 0 Å². The lowest BCUT2D eigenvalue weighted by atomic mass is 10.1. The third-order valence-corrected chi connectivity index (χ3v) is 6.67. The summed E-state index contributed by atoms with van der Waals surface area (Å²) in [5.74, 6) is 0.0683. The summed E-state index contributed by atoms with van der Waals surface area (Å²) in [6, 6.07) is 4.80. The minimum Gasteiger partial charge on any atom is -0.308 e. The van der Waals surface area contributed by atoms with Crippen molar-refractivity contribution in [1.29, 1.82) is 0 Å². The molecule has 2 aliphatic heterocycles. The molecule has 1 aromatic rings. The zero-order valence-corrected chi connectivity index (χ0v) is 18.1. The molecule has 1 saturated heterocycles. The van der Waals surface area contributed by atoms with Crippen LogP contribution in [0.25, 0.3) is 0 Å². The van der Waals surface area contributed by atoms with E-state index in [1.54, 1.807) is 12.1 Å². The molecule has 0 radical (unpaired) electrons. The summed E-state index contributed by atoms with van der Waals surface area (Å²) in [5, 5.41) is 5.24. The van der Waals surface area contributed by atoms with Crippen molar-refractivity contribution in [2.75, 3.05) is 37.6 Å². The number of carbonyl (C=O) groups is 1. The van der Waals surface area contributed by atoms with Crippen LogP contribution in [0.15, 0.2) is 23.1 Å². The molecule has 2 aliphatic rings. The first-order valence-corrected chi connectivity index (χ1v) is 11.5. The Bertz CT molecular complexity index is 847. The fraction of sp³-hybridized carbons (Fsp3) is 0.650. The van der Waals surface area contributed by atoms with Crippen LogP contribution in [0.5, 0.6) is 0 Å². The van der Waals surface area contributed by atoms with Crippen molar-refractivity contribution in [3.05, 3.63) is 23.8 Å². The van der Waals surface area contributed by atoms with Gasteiger partial charge in [-0.3, -0.25) is 14.6 Å². The molecule has 2 heterocycles. The van der Waals surface area contributed by atoms with Gasteiger partial charge in [0.15, 0.2) is 0 Å². The highest BCUT2D eigenvalue weighted by Crippen LogP contribution is 2.34. The average Bonchev–Trinajstić information content (AvgIpc) is 2.73. The Labute approximate surface area is 168 Å². The van der Waals surface area contributed by atoms with E-state index in [4.69, 9.17) is 5.14 Å². The standard InChI is InChI=1S/C20H32N4O3S/c1-15-12-16-13-17(28(21,26)27)6-7-18(16)24(15)19(25)14-22-8-5-9-23(11-10-22)20(2,3)4/h6-7,13,15H,5,8-12,14H2,1-4H3,(H2,21,26,27).